The van der Waals surface area contributed by atoms with Crippen LogP contribution in [-0.2, 0) is 0 Å². The highest BCUT2D eigenvalue weighted by Crippen LogP contribution is 2.22. The lowest BCUT2D eigenvalue weighted by Crippen LogP contribution is -2.10. The molecule has 108 valence electrons. The molecule has 1 aromatic carbocycles. The monoisotopic (exact) mass is 298 g/mol. The maximum atomic E-state index is 12.2. The second-order valence-electron chi connectivity index (χ2n) is 4.84. The van der Waals surface area contributed by atoms with Crippen molar-refractivity contribution >= 4 is 22.9 Å². The molecule has 21 heavy (non-hydrogen) atoms. The van der Waals surface area contributed by atoms with Crippen molar-refractivity contribution in [2.24, 2.45) is 5.73 Å². The average Bonchev–Trinajstić information content (AvgIpc) is 2.78. The van der Waals surface area contributed by atoms with Crippen molar-refractivity contribution in [2.45, 2.75) is 20.8 Å². The Hall–Kier alpha value is -2.09. The lowest BCUT2D eigenvalue weighted by molar-refractivity contribution is 0.103. The molecule has 3 nitrogen and oxygen atoms in total. The van der Waals surface area contributed by atoms with Gasteiger partial charge in [-0.25, -0.2) is 0 Å². The molecule has 0 fully saturated rings. The Labute approximate surface area is 129 Å². The molecule has 0 aliphatic heterocycles. The van der Waals surface area contributed by atoms with E-state index < -0.39 is 0 Å². The van der Waals surface area contributed by atoms with E-state index in [-0.39, 0.29) is 5.91 Å². The molecular weight excluding hydrogens is 280 g/mol. The summed E-state index contributed by atoms with van der Waals surface area (Å²) in [5, 5.41) is 2.92. The zero-order valence-corrected chi connectivity index (χ0v) is 13.2. The third-order valence-corrected chi connectivity index (χ3v) is 4.35. The van der Waals surface area contributed by atoms with Gasteiger partial charge in [-0.05, 0) is 56.2 Å². The molecule has 4 heteroatoms. The van der Waals surface area contributed by atoms with E-state index in [1.165, 1.54) is 16.2 Å². The lowest BCUT2D eigenvalue weighted by Gasteiger charge is -2.06. The summed E-state index contributed by atoms with van der Waals surface area (Å²) in [4.78, 5) is 14.1. The molecular formula is C17H18N2OS. The minimum absolute atomic E-state index is 0.0728. The number of nitrogens with two attached hydrogens (primary N) is 1. The highest BCUT2D eigenvalue weighted by molar-refractivity contribution is 7.14. The van der Waals surface area contributed by atoms with Crippen LogP contribution in [-0.4, -0.2) is 12.5 Å². The molecule has 0 saturated carbocycles. The standard InChI is InChI=1S/C17H18N2OS/c1-11-10-16(21-13(11)3)17(20)19-15-7-6-14(5-4-8-18)12(2)9-15/h6-7,9-10H,8,18H2,1-3H3,(H,19,20). The summed E-state index contributed by atoms with van der Waals surface area (Å²) in [6.45, 7) is 6.34. The third kappa shape index (κ3) is 3.72. The molecule has 2 rings (SSSR count). The fraction of sp³-hybridized carbons (Fsp3) is 0.235. The van der Waals surface area contributed by atoms with E-state index in [0.717, 1.165) is 27.3 Å². The average molecular weight is 298 g/mol. The largest absolute Gasteiger partial charge is 0.321 e. The van der Waals surface area contributed by atoms with Crippen molar-refractivity contribution in [2.75, 3.05) is 11.9 Å². The number of amides is 1. The van der Waals surface area contributed by atoms with Gasteiger partial charge >= 0.3 is 0 Å². The van der Waals surface area contributed by atoms with Crippen molar-refractivity contribution in [3.05, 3.63) is 50.7 Å². The normalized spacial score (nSPS) is 9.90. The number of aryl methyl sites for hydroxylation is 3. The topological polar surface area (TPSA) is 55.1 Å². The number of benzene rings is 1. The Kier molecular flexibility index (Phi) is 4.79. The zero-order valence-electron chi connectivity index (χ0n) is 12.4. The molecule has 2 aromatic rings. The van der Waals surface area contributed by atoms with Crippen LogP contribution < -0.4 is 11.1 Å². The SMILES string of the molecule is Cc1cc(NC(=O)c2cc(C)c(C)s2)ccc1C#CCN. The van der Waals surface area contributed by atoms with Gasteiger partial charge in [-0.1, -0.05) is 11.8 Å². The fourth-order valence-corrected chi connectivity index (χ4v) is 2.83. The van der Waals surface area contributed by atoms with Crippen molar-refractivity contribution in [1.29, 1.82) is 0 Å². The minimum Gasteiger partial charge on any atom is -0.321 e. The van der Waals surface area contributed by atoms with E-state index in [1.807, 2.05) is 45.0 Å². The molecule has 0 aliphatic carbocycles. The Morgan fingerprint density at radius 1 is 1.24 bits per heavy atom. The van der Waals surface area contributed by atoms with Crippen molar-refractivity contribution in [3.8, 4) is 11.8 Å². The van der Waals surface area contributed by atoms with Gasteiger partial charge in [-0.2, -0.15) is 0 Å². The number of carbonyl (C=O) groups is 1. The van der Waals surface area contributed by atoms with E-state index >= 15 is 0 Å². The molecule has 0 radical (unpaired) electrons. The summed E-state index contributed by atoms with van der Waals surface area (Å²) in [6.07, 6.45) is 0. The van der Waals surface area contributed by atoms with Crippen LogP contribution in [0.3, 0.4) is 0 Å². The molecule has 0 saturated heterocycles. The maximum Gasteiger partial charge on any atom is 0.265 e. The molecule has 1 heterocycles. The Morgan fingerprint density at radius 3 is 2.57 bits per heavy atom. The number of rotatable bonds is 2. The quantitative estimate of drug-likeness (QED) is 0.836. The van der Waals surface area contributed by atoms with Gasteiger partial charge in [-0.15, -0.1) is 11.3 Å². The maximum absolute atomic E-state index is 12.2. The summed E-state index contributed by atoms with van der Waals surface area (Å²) in [5.41, 5.74) is 9.25. The molecule has 0 bridgehead atoms. The molecule has 0 aliphatic rings. The van der Waals surface area contributed by atoms with Crippen LogP contribution in [0.1, 0.15) is 31.2 Å². The second-order valence-corrected chi connectivity index (χ2v) is 6.10. The van der Waals surface area contributed by atoms with Crippen LogP contribution in [0, 0.1) is 32.6 Å². The van der Waals surface area contributed by atoms with Gasteiger partial charge in [0.25, 0.3) is 5.91 Å². The first-order chi connectivity index (χ1) is 10.0. The number of anilines is 1. The van der Waals surface area contributed by atoms with E-state index in [0.29, 0.717) is 6.54 Å². The number of hydrogen-bond acceptors (Lipinski definition) is 3. The van der Waals surface area contributed by atoms with Crippen LogP contribution in [0.2, 0.25) is 0 Å². The molecule has 1 amide bonds. The van der Waals surface area contributed by atoms with Crippen molar-refractivity contribution in [3.63, 3.8) is 0 Å². The highest BCUT2D eigenvalue weighted by Gasteiger charge is 2.11. The van der Waals surface area contributed by atoms with Gasteiger partial charge in [0.15, 0.2) is 0 Å². The predicted molar refractivity (Wildman–Crippen MR) is 88.9 cm³/mol. The molecule has 1 aromatic heterocycles. The van der Waals surface area contributed by atoms with E-state index in [1.54, 1.807) is 0 Å². The van der Waals surface area contributed by atoms with Crippen LogP contribution in [0.25, 0.3) is 0 Å². The summed E-state index contributed by atoms with van der Waals surface area (Å²) < 4.78 is 0. The first kappa shape index (κ1) is 15.3. The van der Waals surface area contributed by atoms with Crippen LogP contribution in [0.15, 0.2) is 24.3 Å². The summed E-state index contributed by atoms with van der Waals surface area (Å²) in [5.74, 6) is 5.77. The Balaban J connectivity index is 2.16. The number of hydrogen-bond donors (Lipinski definition) is 2. The summed E-state index contributed by atoms with van der Waals surface area (Å²) >= 11 is 1.51. The van der Waals surface area contributed by atoms with Crippen LogP contribution >= 0.6 is 11.3 Å². The Morgan fingerprint density at radius 2 is 2.00 bits per heavy atom. The van der Waals surface area contributed by atoms with Gasteiger partial charge in [0.2, 0.25) is 0 Å². The van der Waals surface area contributed by atoms with Crippen LogP contribution in [0.5, 0.6) is 0 Å². The lowest BCUT2D eigenvalue weighted by atomic mass is 10.1. The third-order valence-electron chi connectivity index (χ3n) is 3.20. The van der Waals surface area contributed by atoms with E-state index in [2.05, 4.69) is 17.2 Å². The van der Waals surface area contributed by atoms with Gasteiger partial charge in [-0.3, -0.25) is 4.79 Å². The first-order valence-electron chi connectivity index (χ1n) is 6.69. The fourth-order valence-electron chi connectivity index (χ4n) is 1.91. The molecule has 3 N–H and O–H groups in total. The summed E-state index contributed by atoms with van der Waals surface area (Å²) in [7, 11) is 0. The number of nitrogens with one attached hydrogen (secondary N) is 1. The Bertz CT molecular complexity index is 715. The molecule has 0 spiro atoms. The number of thiophene rings is 1. The minimum atomic E-state index is -0.0728. The summed E-state index contributed by atoms with van der Waals surface area (Å²) in [6, 6.07) is 7.60. The zero-order chi connectivity index (χ0) is 15.4. The predicted octanol–water partition coefficient (Wildman–Crippen LogP) is 3.24. The second kappa shape index (κ2) is 6.57. The molecule has 0 unspecified atom stereocenters. The van der Waals surface area contributed by atoms with Gasteiger partial charge < -0.3 is 11.1 Å². The van der Waals surface area contributed by atoms with Crippen molar-refractivity contribution in [1.82, 2.24) is 0 Å². The molecule has 0 atom stereocenters. The smallest absolute Gasteiger partial charge is 0.265 e. The van der Waals surface area contributed by atoms with E-state index in [9.17, 15) is 4.79 Å². The van der Waals surface area contributed by atoms with Gasteiger partial charge in [0.1, 0.15) is 0 Å². The number of carbonyl (C=O) groups excluding carboxylic acids is 1. The van der Waals surface area contributed by atoms with E-state index in [4.69, 9.17) is 5.73 Å². The van der Waals surface area contributed by atoms with Crippen molar-refractivity contribution < 1.29 is 4.79 Å². The van der Waals surface area contributed by atoms with Crippen LogP contribution in [0.4, 0.5) is 5.69 Å². The highest BCUT2D eigenvalue weighted by atomic mass is 32.1. The first-order valence-corrected chi connectivity index (χ1v) is 7.51. The van der Waals surface area contributed by atoms with Gasteiger partial charge in [0, 0.05) is 16.1 Å². The van der Waals surface area contributed by atoms with Gasteiger partial charge in [0.05, 0.1) is 11.4 Å².